The fraction of sp³-hybridized carbons (Fsp3) is 0.615. The minimum atomic E-state index is -1.05. The molecule has 1 saturated carbocycles. The summed E-state index contributed by atoms with van der Waals surface area (Å²) in [6.45, 7) is 2.24. The first-order chi connectivity index (χ1) is 9.61. The number of anilines is 1. The molecule has 0 atom stereocenters. The van der Waals surface area contributed by atoms with Gasteiger partial charge in [0.15, 0.2) is 10.8 Å². The largest absolute Gasteiger partial charge is 0.476 e. The number of carboxylic acids is 1. The van der Waals surface area contributed by atoms with Crippen molar-refractivity contribution < 1.29 is 19.4 Å². The van der Waals surface area contributed by atoms with Crippen LogP contribution in [-0.4, -0.2) is 41.2 Å². The number of nitrogens with zero attached hydrogens (tertiary/aromatic N) is 2. The Morgan fingerprint density at radius 3 is 2.75 bits per heavy atom. The maximum absolute atomic E-state index is 11.7. The molecule has 0 bridgehead atoms. The topological polar surface area (TPSA) is 79.7 Å². The number of aromatic carboxylic acids is 1. The van der Waals surface area contributed by atoms with E-state index in [4.69, 9.17) is 9.84 Å². The quantitative estimate of drug-likeness (QED) is 0.811. The molecule has 1 heterocycles. The van der Waals surface area contributed by atoms with Gasteiger partial charge < -0.3 is 14.7 Å². The second kappa shape index (κ2) is 6.69. The predicted octanol–water partition coefficient (Wildman–Crippen LogP) is 2.15. The second-order valence-electron chi connectivity index (χ2n) is 4.69. The van der Waals surface area contributed by atoms with Gasteiger partial charge in [0.1, 0.15) is 6.54 Å². The van der Waals surface area contributed by atoms with Crippen LogP contribution in [0.3, 0.4) is 0 Å². The maximum atomic E-state index is 11.7. The van der Waals surface area contributed by atoms with Crippen molar-refractivity contribution in [2.24, 2.45) is 0 Å². The van der Waals surface area contributed by atoms with Crippen LogP contribution in [-0.2, 0) is 9.53 Å². The van der Waals surface area contributed by atoms with E-state index in [-0.39, 0.29) is 24.2 Å². The zero-order valence-electron chi connectivity index (χ0n) is 11.4. The van der Waals surface area contributed by atoms with Crippen molar-refractivity contribution in [1.82, 2.24) is 4.98 Å². The molecule has 0 saturated heterocycles. The van der Waals surface area contributed by atoms with Crippen LogP contribution in [0.25, 0.3) is 0 Å². The van der Waals surface area contributed by atoms with Gasteiger partial charge in [0.05, 0.1) is 6.61 Å². The molecule has 0 unspecified atom stereocenters. The Morgan fingerprint density at radius 2 is 2.20 bits per heavy atom. The molecule has 1 aliphatic rings. The number of carboxylic acid groups (broad SMARTS) is 1. The highest BCUT2D eigenvalue weighted by Crippen LogP contribution is 2.30. The van der Waals surface area contributed by atoms with E-state index in [2.05, 4.69) is 4.98 Å². The van der Waals surface area contributed by atoms with Gasteiger partial charge in [0.25, 0.3) is 0 Å². The highest BCUT2D eigenvalue weighted by Gasteiger charge is 2.27. The number of hydrogen-bond donors (Lipinski definition) is 1. The summed E-state index contributed by atoms with van der Waals surface area (Å²) in [5, 5.41) is 11.0. The molecule has 0 amide bonds. The molecule has 1 aliphatic carbocycles. The first kappa shape index (κ1) is 14.8. The molecule has 1 aromatic heterocycles. The molecule has 0 aliphatic heterocycles. The van der Waals surface area contributed by atoms with Crippen LogP contribution in [0.1, 0.15) is 43.1 Å². The van der Waals surface area contributed by atoms with Gasteiger partial charge in [0.2, 0.25) is 0 Å². The number of carbonyl (C=O) groups is 2. The fourth-order valence-electron chi connectivity index (χ4n) is 2.41. The first-order valence-corrected chi connectivity index (χ1v) is 7.61. The van der Waals surface area contributed by atoms with Gasteiger partial charge in [-0.2, -0.15) is 0 Å². The molecule has 0 aromatic carbocycles. The fourth-order valence-corrected chi connectivity index (χ4v) is 3.28. The summed E-state index contributed by atoms with van der Waals surface area (Å²) >= 11 is 1.26. The number of carbonyl (C=O) groups excluding carboxylic acids is 1. The smallest absolute Gasteiger partial charge is 0.355 e. The lowest BCUT2D eigenvalue weighted by Crippen LogP contribution is -2.38. The van der Waals surface area contributed by atoms with Crippen molar-refractivity contribution in [2.75, 3.05) is 18.1 Å². The maximum Gasteiger partial charge on any atom is 0.355 e. The molecule has 0 spiro atoms. The monoisotopic (exact) mass is 298 g/mol. The summed E-state index contributed by atoms with van der Waals surface area (Å²) in [6, 6.07) is 0.243. The van der Waals surface area contributed by atoms with Gasteiger partial charge >= 0.3 is 11.9 Å². The lowest BCUT2D eigenvalue weighted by molar-refractivity contribution is -0.141. The van der Waals surface area contributed by atoms with E-state index in [1.807, 2.05) is 4.90 Å². The van der Waals surface area contributed by atoms with Crippen LogP contribution in [0.5, 0.6) is 0 Å². The minimum absolute atomic E-state index is 0.0249. The zero-order chi connectivity index (χ0) is 14.5. The molecular formula is C13H18N2O4S. The molecule has 0 radical (unpaired) electrons. The second-order valence-corrected chi connectivity index (χ2v) is 5.53. The van der Waals surface area contributed by atoms with E-state index in [0.717, 1.165) is 25.7 Å². The van der Waals surface area contributed by atoms with Crippen LogP contribution < -0.4 is 4.90 Å². The predicted molar refractivity (Wildman–Crippen MR) is 75.3 cm³/mol. The Labute approximate surface area is 121 Å². The third-order valence-electron chi connectivity index (χ3n) is 3.33. The lowest BCUT2D eigenvalue weighted by atomic mass is 10.2. The average Bonchev–Trinajstić information content (AvgIpc) is 3.08. The number of rotatable bonds is 6. The van der Waals surface area contributed by atoms with Crippen LogP contribution in [0, 0.1) is 0 Å². The summed E-state index contributed by atoms with van der Waals surface area (Å²) in [5.74, 6) is -1.35. The molecule has 7 heteroatoms. The molecule has 6 nitrogen and oxygen atoms in total. The molecule has 20 heavy (non-hydrogen) atoms. The number of aromatic nitrogens is 1. The Morgan fingerprint density at radius 1 is 1.50 bits per heavy atom. The highest BCUT2D eigenvalue weighted by molar-refractivity contribution is 7.14. The molecular weight excluding hydrogens is 280 g/mol. The summed E-state index contributed by atoms with van der Waals surface area (Å²) in [6.07, 6.45) is 4.26. The molecule has 1 aromatic rings. The molecule has 1 N–H and O–H groups in total. The molecule has 2 rings (SSSR count). The van der Waals surface area contributed by atoms with Crippen molar-refractivity contribution in [2.45, 2.75) is 38.6 Å². The van der Waals surface area contributed by atoms with E-state index >= 15 is 0 Å². The van der Waals surface area contributed by atoms with Crippen LogP contribution in [0.2, 0.25) is 0 Å². The van der Waals surface area contributed by atoms with E-state index < -0.39 is 5.97 Å². The SMILES string of the molecule is CCOC(=O)CN(c1nc(C(=O)O)cs1)C1CCCC1. The summed E-state index contributed by atoms with van der Waals surface area (Å²) in [4.78, 5) is 28.6. The van der Waals surface area contributed by atoms with Crippen molar-refractivity contribution >= 4 is 28.4 Å². The van der Waals surface area contributed by atoms with Gasteiger partial charge in [0, 0.05) is 11.4 Å². The summed E-state index contributed by atoms with van der Waals surface area (Å²) in [7, 11) is 0. The number of esters is 1. The average molecular weight is 298 g/mol. The van der Waals surface area contributed by atoms with Crippen molar-refractivity contribution in [3.63, 3.8) is 0 Å². The van der Waals surface area contributed by atoms with Crippen molar-refractivity contribution in [3.8, 4) is 0 Å². The Kier molecular flexibility index (Phi) is 4.94. The summed E-state index contributed by atoms with van der Waals surface area (Å²) < 4.78 is 4.99. The number of thiazole rings is 1. The Bertz CT molecular complexity index is 482. The van der Waals surface area contributed by atoms with Gasteiger partial charge in [-0.15, -0.1) is 11.3 Å². The Balaban J connectivity index is 2.15. The highest BCUT2D eigenvalue weighted by atomic mass is 32.1. The standard InChI is InChI=1S/C13H18N2O4S/c1-2-19-11(16)7-15(9-5-3-4-6-9)13-14-10(8-20-13)12(17)18/h8-9H,2-7H2,1H3,(H,17,18). The van der Waals surface area contributed by atoms with Crippen molar-refractivity contribution in [1.29, 1.82) is 0 Å². The van der Waals surface area contributed by atoms with E-state index in [9.17, 15) is 9.59 Å². The van der Waals surface area contributed by atoms with Crippen molar-refractivity contribution in [3.05, 3.63) is 11.1 Å². The number of ether oxygens (including phenoxy) is 1. The minimum Gasteiger partial charge on any atom is -0.476 e. The first-order valence-electron chi connectivity index (χ1n) is 6.73. The summed E-state index contributed by atoms with van der Waals surface area (Å²) in [5.41, 5.74) is 0.0249. The van der Waals surface area contributed by atoms with Crippen LogP contribution >= 0.6 is 11.3 Å². The van der Waals surface area contributed by atoms with Crippen LogP contribution in [0.4, 0.5) is 5.13 Å². The van der Waals surface area contributed by atoms with Gasteiger partial charge in [-0.05, 0) is 19.8 Å². The third-order valence-corrected chi connectivity index (χ3v) is 4.20. The molecule has 1 fully saturated rings. The van der Waals surface area contributed by atoms with E-state index in [0.29, 0.717) is 11.7 Å². The van der Waals surface area contributed by atoms with Gasteiger partial charge in [-0.3, -0.25) is 4.79 Å². The van der Waals surface area contributed by atoms with Gasteiger partial charge in [-0.1, -0.05) is 12.8 Å². The normalized spacial score (nSPS) is 15.2. The Hall–Kier alpha value is -1.63. The van der Waals surface area contributed by atoms with Gasteiger partial charge in [-0.25, -0.2) is 9.78 Å². The van der Waals surface area contributed by atoms with Crippen LogP contribution in [0.15, 0.2) is 5.38 Å². The lowest BCUT2D eigenvalue weighted by Gasteiger charge is -2.27. The molecule has 110 valence electrons. The van der Waals surface area contributed by atoms with E-state index in [1.54, 1.807) is 6.92 Å². The number of hydrogen-bond acceptors (Lipinski definition) is 6. The third kappa shape index (κ3) is 3.47. The van der Waals surface area contributed by atoms with E-state index in [1.165, 1.54) is 16.7 Å². The zero-order valence-corrected chi connectivity index (χ0v) is 12.2.